The summed E-state index contributed by atoms with van der Waals surface area (Å²) >= 11 is 0. The van der Waals surface area contributed by atoms with Crippen LogP contribution in [-0.2, 0) is 0 Å². The molecule has 6 heterocycles. The van der Waals surface area contributed by atoms with Crippen molar-refractivity contribution in [2.75, 3.05) is 0 Å². The number of hydrogen-bond acceptors (Lipinski definition) is 4. The van der Waals surface area contributed by atoms with Gasteiger partial charge in [0.1, 0.15) is 17.1 Å². The summed E-state index contributed by atoms with van der Waals surface area (Å²) in [6, 6.07) is 32.6. The molecule has 6 aromatic heterocycles. The van der Waals surface area contributed by atoms with Gasteiger partial charge in [0, 0.05) is 46.9 Å². The number of fused-ring (bicyclic) bond motifs is 9. The number of hydrogen-bond donors (Lipinski definition) is 0. The standard InChI is InChI=1S/C31H19N5O/c1-2-8-24-21(7-1)22-13-12-20(19-27(22)36(24)28-11-3-4-16-32-28)37-29-15-14-23-30-25(9-5-17-33-30)35-18-6-10-26(35)31(23)34-29/h1-19H. The normalized spacial score (nSPS) is 11.8. The van der Waals surface area contributed by atoms with E-state index in [-0.39, 0.29) is 0 Å². The summed E-state index contributed by atoms with van der Waals surface area (Å²) in [4.78, 5) is 14.2. The lowest BCUT2D eigenvalue weighted by Gasteiger charge is -2.11. The molecule has 6 nitrogen and oxygen atoms in total. The smallest absolute Gasteiger partial charge is 0.219 e. The molecule has 0 fully saturated rings. The van der Waals surface area contributed by atoms with E-state index in [0.29, 0.717) is 11.6 Å². The zero-order valence-corrected chi connectivity index (χ0v) is 19.6. The number of benzene rings is 2. The number of ether oxygens (including phenoxy) is 1. The van der Waals surface area contributed by atoms with Crippen molar-refractivity contribution in [3.05, 3.63) is 116 Å². The summed E-state index contributed by atoms with van der Waals surface area (Å²) < 4.78 is 10.6. The zero-order valence-electron chi connectivity index (χ0n) is 19.6. The van der Waals surface area contributed by atoms with Gasteiger partial charge in [-0.05, 0) is 60.7 Å². The van der Waals surface area contributed by atoms with Crippen LogP contribution in [0.4, 0.5) is 0 Å². The molecule has 0 saturated heterocycles. The second-order valence-corrected chi connectivity index (χ2v) is 9.00. The predicted molar refractivity (Wildman–Crippen MR) is 147 cm³/mol. The first kappa shape index (κ1) is 20.0. The molecule has 0 spiro atoms. The average Bonchev–Trinajstić information content (AvgIpc) is 3.57. The summed E-state index contributed by atoms with van der Waals surface area (Å²) in [5.74, 6) is 2.11. The fourth-order valence-corrected chi connectivity index (χ4v) is 5.33. The van der Waals surface area contributed by atoms with E-state index in [1.807, 2.05) is 67.1 Å². The third kappa shape index (κ3) is 2.96. The first-order chi connectivity index (χ1) is 18.3. The van der Waals surface area contributed by atoms with Gasteiger partial charge in [-0.2, -0.15) is 0 Å². The quantitative estimate of drug-likeness (QED) is 0.250. The van der Waals surface area contributed by atoms with Crippen LogP contribution in [0.25, 0.3) is 55.1 Å². The Hall–Kier alpha value is -5.23. The monoisotopic (exact) mass is 477 g/mol. The van der Waals surface area contributed by atoms with Gasteiger partial charge in [-0.1, -0.05) is 24.3 Å². The van der Waals surface area contributed by atoms with Crippen molar-refractivity contribution in [1.82, 2.24) is 23.9 Å². The number of para-hydroxylation sites is 1. The van der Waals surface area contributed by atoms with Gasteiger partial charge in [-0.15, -0.1) is 0 Å². The summed E-state index contributed by atoms with van der Waals surface area (Å²) in [6.07, 6.45) is 5.67. The molecule has 37 heavy (non-hydrogen) atoms. The van der Waals surface area contributed by atoms with E-state index >= 15 is 0 Å². The second kappa shape index (κ2) is 7.63. The first-order valence-corrected chi connectivity index (χ1v) is 12.1. The van der Waals surface area contributed by atoms with Crippen LogP contribution in [0.15, 0.2) is 116 Å². The van der Waals surface area contributed by atoms with Crippen molar-refractivity contribution in [1.29, 1.82) is 0 Å². The maximum atomic E-state index is 6.34. The molecule has 0 aliphatic heterocycles. The molecule has 0 radical (unpaired) electrons. The molecule has 8 rings (SSSR count). The molecule has 0 bridgehead atoms. The van der Waals surface area contributed by atoms with Crippen molar-refractivity contribution in [3.63, 3.8) is 0 Å². The number of rotatable bonds is 3. The topological polar surface area (TPSA) is 57.2 Å². The molecule has 0 aliphatic carbocycles. The van der Waals surface area contributed by atoms with E-state index in [1.54, 1.807) is 0 Å². The zero-order chi connectivity index (χ0) is 24.3. The molecular formula is C31H19N5O. The van der Waals surface area contributed by atoms with Gasteiger partial charge in [0.05, 0.1) is 27.6 Å². The third-order valence-corrected chi connectivity index (χ3v) is 6.91. The lowest BCUT2D eigenvalue weighted by Crippen LogP contribution is -1.97. The van der Waals surface area contributed by atoms with Crippen LogP contribution in [-0.4, -0.2) is 23.9 Å². The van der Waals surface area contributed by atoms with E-state index in [9.17, 15) is 0 Å². The maximum Gasteiger partial charge on any atom is 0.219 e. The summed E-state index contributed by atoms with van der Waals surface area (Å²) in [6.45, 7) is 0. The van der Waals surface area contributed by atoms with Gasteiger partial charge in [0.2, 0.25) is 5.88 Å². The van der Waals surface area contributed by atoms with Crippen molar-refractivity contribution in [3.8, 4) is 17.4 Å². The Kier molecular flexibility index (Phi) is 4.13. The van der Waals surface area contributed by atoms with Crippen molar-refractivity contribution >= 4 is 49.3 Å². The highest BCUT2D eigenvalue weighted by molar-refractivity contribution is 6.10. The van der Waals surface area contributed by atoms with Crippen molar-refractivity contribution in [2.24, 2.45) is 0 Å². The van der Waals surface area contributed by atoms with Gasteiger partial charge in [-0.25, -0.2) is 9.97 Å². The third-order valence-electron chi connectivity index (χ3n) is 6.91. The minimum atomic E-state index is 0.533. The Balaban J connectivity index is 1.30. The summed E-state index contributed by atoms with van der Waals surface area (Å²) in [7, 11) is 0. The number of pyridine rings is 4. The minimum absolute atomic E-state index is 0.533. The van der Waals surface area contributed by atoms with Crippen LogP contribution in [0.2, 0.25) is 0 Å². The van der Waals surface area contributed by atoms with Gasteiger partial charge in [0.15, 0.2) is 0 Å². The Morgan fingerprint density at radius 1 is 0.568 bits per heavy atom. The second-order valence-electron chi connectivity index (χ2n) is 9.00. The Morgan fingerprint density at radius 2 is 1.35 bits per heavy atom. The van der Waals surface area contributed by atoms with Crippen molar-refractivity contribution < 1.29 is 4.74 Å². The Bertz CT molecular complexity index is 2130. The number of aromatic nitrogens is 5. The Morgan fingerprint density at radius 3 is 2.30 bits per heavy atom. The van der Waals surface area contributed by atoms with E-state index in [0.717, 1.165) is 49.7 Å². The molecule has 0 N–H and O–H groups in total. The van der Waals surface area contributed by atoms with E-state index in [1.165, 1.54) is 5.39 Å². The molecule has 2 aromatic carbocycles. The van der Waals surface area contributed by atoms with Crippen LogP contribution in [0, 0.1) is 0 Å². The molecular weight excluding hydrogens is 458 g/mol. The highest BCUT2D eigenvalue weighted by Gasteiger charge is 2.15. The largest absolute Gasteiger partial charge is 0.439 e. The SMILES string of the molecule is c1ccc(-n2c3ccccc3c3ccc(Oc4ccc5c6ncccc6n6cccc6c5n4)cc32)nc1. The lowest BCUT2D eigenvalue weighted by molar-refractivity contribution is 0.466. The van der Waals surface area contributed by atoms with Gasteiger partial charge in [-0.3, -0.25) is 9.55 Å². The van der Waals surface area contributed by atoms with Crippen LogP contribution >= 0.6 is 0 Å². The maximum absolute atomic E-state index is 6.34. The first-order valence-electron chi connectivity index (χ1n) is 12.1. The van der Waals surface area contributed by atoms with Gasteiger partial charge >= 0.3 is 0 Å². The summed E-state index contributed by atoms with van der Waals surface area (Å²) in [5.41, 5.74) is 5.98. The molecule has 0 aliphatic rings. The predicted octanol–water partition coefficient (Wildman–Crippen LogP) is 7.32. The fourth-order valence-electron chi connectivity index (χ4n) is 5.33. The van der Waals surface area contributed by atoms with Gasteiger partial charge in [0.25, 0.3) is 0 Å². The van der Waals surface area contributed by atoms with Crippen LogP contribution in [0.3, 0.4) is 0 Å². The van der Waals surface area contributed by atoms with Crippen LogP contribution < -0.4 is 4.74 Å². The Labute approximate surface area is 211 Å². The highest BCUT2D eigenvalue weighted by Crippen LogP contribution is 2.35. The average molecular weight is 478 g/mol. The summed E-state index contributed by atoms with van der Waals surface area (Å²) in [5, 5.41) is 3.32. The molecule has 0 saturated carbocycles. The molecule has 8 aromatic rings. The van der Waals surface area contributed by atoms with Crippen LogP contribution in [0.5, 0.6) is 11.6 Å². The lowest BCUT2D eigenvalue weighted by atomic mass is 10.1. The molecule has 0 unspecified atom stereocenters. The van der Waals surface area contributed by atoms with E-state index < -0.39 is 0 Å². The molecule has 174 valence electrons. The van der Waals surface area contributed by atoms with Gasteiger partial charge < -0.3 is 9.14 Å². The van der Waals surface area contributed by atoms with Crippen molar-refractivity contribution in [2.45, 2.75) is 0 Å². The molecule has 0 amide bonds. The molecule has 0 atom stereocenters. The number of nitrogens with zero attached hydrogens (tertiary/aromatic N) is 5. The molecule has 6 heteroatoms. The van der Waals surface area contributed by atoms with E-state index in [4.69, 9.17) is 9.72 Å². The van der Waals surface area contributed by atoms with E-state index in [2.05, 4.69) is 67.5 Å². The minimum Gasteiger partial charge on any atom is -0.439 e. The highest BCUT2D eigenvalue weighted by atomic mass is 16.5. The fraction of sp³-hybridized carbons (Fsp3) is 0. The van der Waals surface area contributed by atoms with Crippen LogP contribution in [0.1, 0.15) is 0 Å².